The lowest BCUT2D eigenvalue weighted by atomic mass is 10.0. The van der Waals surface area contributed by atoms with Crippen molar-refractivity contribution >= 4 is 15.9 Å². The number of amides is 1. The van der Waals surface area contributed by atoms with Crippen molar-refractivity contribution in [3.63, 3.8) is 0 Å². The van der Waals surface area contributed by atoms with E-state index in [4.69, 9.17) is 4.74 Å². The number of nitrogens with one attached hydrogen (secondary N) is 1. The number of sulfonamides is 1. The van der Waals surface area contributed by atoms with Crippen LogP contribution in [-0.4, -0.2) is 51.2 Å². The lowest BCUT2D eigenvalue weighted by molar-refractivity contribution is 0.0707. The fourth-order valence-corrected chi connectivity index (χ4v) is 3.48. The Hall–Kier alpha value is -1.86. The molecule has 0 unspecified atom stereocenters. The summed E-state index contributed by atoms with van der Waals surface area (Å²) in [5.41, 5.74) is 1.40. The summed E-state index contributed by atoms with van der Waals surface area (Å²) < 4.78 is 30.8. The summed E-state index contributed by atoms with van der Waals surface area (Å²) in [4.78, 5) is 14.5. The van der Waals surface area contributed by atoms with Gasteiger partial charge in [0.15, 0.2) is 0 Å². The number of hydrogen-bond acceptors (Lipinski definition) is 4. The van der Waals surface area contributed by atoms with Gasteiger partial charge in [-0.25, -0.2) is 13.1 Å². The van der Waals surface area contributed by atoms with Crippen molar-refractivity contribution < 1.29 is 17.9 Å². The van der Waals surface area contributed by atoms with Gasteiger partial charge in [0.05, 0.1) is 11.8 Å². The minimum Gasteiger partial charge on any atom is -0.488 e. The van der Waals surface area contributed by atoms with Gasteiger partial charge >= 0.3 is 0 Å². The van der Waals surface area contributed by atoms with E-state index in [2.05, 4.69) is 11.3 Å². The summed E-state index contributed by atoms with van der Waals surface area (Å²) in [6, 6.07) is 7.04. The van der Waals surface area contributed by atoms with Gasteiger partial charge in [0.25, 0.3) is 5.91 Å². The van der Waals surface area contributed by atoms with Crippen LogP contribution in [0.2, 0.25) is 0 Å². The Morgan fingerprint density at radius 2 is 1.96 bits per heavy atom. The number of para-hydroxylation sites is 1. The Labute approximate surface area is 143 Å². The van der Waals surface area contributed by atoms with Gasteiger partial charge in [-0.15, -0.1) is 0 Å². The molecule has 2 rings (SSSR count). The molecule has 1 aliphatic rings. The maximum atomic E-state index is 12.7. The molecule has 6 nitrogen and oxygen atoms in total. The molecular formula is C17H24N2O4S. The predicted molar refractivity (Wildman–Crippen MR) is 93.7 cm³/mol. The molecule has 0 atom stereocenters. The summed E-state index contributed by atoms with van der Waals surface area (Å²) in [5, 5.41) is 0. The van der Waals surface area contributed by atoms with E-state index in [1.165, 1.54) is 0 Å². The summed E-state index contributed by atoms with van der Waals surface area (Å²) in [6.45, 7) is 7.06. The molecule has 1 heterocycles. The Kier molecular flexibility index (Phi) is 6.01. The second-order valence-corrected chi connectivity index (χ2v) is 7.98. The Balaban J connectivity index is 2.02. The van der Waals surface area contributed by atoms with Gasteiger partial charge in [-0.1, -0.05) is 18.7 Å². The van der Waals surface area contributed by atoms with Crippen molar-refractivity contribution in [2.45, 2.75) is 25.8 Å². The second kappa shape index (κ2) is 7.81. The van der Waals surface area contributed by atoms with E-state index in [9.17, 15) is 13.2 Å². The van der Waals surface area contributed by atoms with Crippen LogP contribution in [0, 0.1) is 0 Å². The van der Waals surface area contributed by atoms with Crippen LogP contribution in [0.15, 0.2) is 36.4 Å². The van der Waals surface area contributed by atoms with Crippen molar-refractivity contribution in [2.75, 3.05) is 26.0 Å². The number of rotatable bonds is 6. The quantitative estimate of drug-likeness (QED) is 0.792. The molecule has 0 saturated carbocycles. The van der Waals surface area contributed by atoms with Gasteiger partial charge in [0, 0.05) is 19.1 Å². The van der Waals surface area contributed by atoms with Gasteiger partial charge in [0.2, 0.25) is 10.0 Å². The van der Waals surface area contributed by atoms with Crippen molar-refractivity contribution in [2.24, 2.45) is 0 Å². The van der Waals surface area contributed by atoms with Crippen molar-refractivity contribution in [1.29, 1.82) is 0 Å². The fourth-order valence-electron chi connectivity index (χ4n) is 2.64. The smallest absolute Gasteiger partial charge is 0.257 e. The van der Waals surface area contributed by atoms with Crippen LogP contribution < -0.4 is 9.46 Å². The van der Waals surface area contributed by atoms with Gasteiger partial charge < -0.3 is 9.64 Å². The Bertz CT molecular complexity index is 707. The third-order valence-corrected chi connectivity index (χ3v) is 4.52. The molecule has 1 fully saturated rings. The molecule has 24 heavy (non-hydrogen) atoms. The maximum absolute atomic E-state index is 12.7. The SMILES string of the molecule is C=C(C)COc1ccccc1C(=O)N1CCC(NS(C)(=O)=O)CC1. The Morgan fingerprint density at radius 1 is 1.33 bits per heavy atom. The highest BCUT2D eigenvalue weighted by molar-refractivity contribution is 7.88. The number of likely N-dealkylation sites (tertiary alicyclic amines) is 1. The van der Waals surface area contributed by atoms with Crippen LogP contribution >= 0.6 is 0 Å². The lowest BCUT2D eigenvalue weighted by Gasteiger charge is -2.32. The summed E-state index contributed by atoms with van der Waals surface area (Å²) >= 11 is 0. The summed E-state index contributed by atoms with van der Waals surface area (Å²) in [7, 11) is -3.22. The average molecular weight is 352 g/mol. The lowest BCUT2D eigenvalue weighted by Crippen LogP contribution is -2.46. The van der Waals surface area contributed by atoms with Crippen LogP contribution in [0.4, 0.5) is 0 Å². The normalized spacial score (nSPS) is 16.0. The molecule has 7 heteroatoms. The maximum Gasteiger partial charge on any atom is 0.257 e. The fraction of sp³-hybridized carbons (Fsp3) is 0.471. The first-order valence-corrected chi connectivity index (χ1v) is 9.78. The first-order valence-electron chi connectivity index (χ1n) is 7.89. The van der Waals surface area contributed by atoms with E-state index in [1.54, 1.807) is 23.1 Å². The first kappa shape index (κ1) is 18.5. The van der Waals surface area contributed by atoms with Crippen molar-refractivity contribution in [3.05, 3.63) is 42.0 Å². The molecule has 0 radical (unpaired) electrons. The summed E-state index contributed by atoms with van der Waals surface area (Å²) in [6.07, 6.45) is 2.36. The molecule has 1 N–H and O–H groups in total. The van der Waals surface area contributed by atoms with Crippen molar-refractivity contribution in [1.82, 2.24) is 9.62 Å². The molecule has 0 aromatic heterocycles. The van der Waals surface area contributed by atoms with E-state index in [0.29, 0.717) is 43.9 Å². The van der Waals surface area contributed by atoms with Gasteiger partial charge in [-0.3, -0.25) is 4.79 Å². The molecule has 1 aliphatic heterocycles. The number of carbonyl (C=O) groups excluding carboxylic acids is 1. The molecular weight excluding hydrogens is 328 g/mol. The van der Waals surface area contributed by atoms with Crippen LogP contribution in [0.3, 0.4) is 0 Å². The van der Waals surface area contributed by atoms with Crippen LogP contribution in [0.25, 0.3) is 0 Å². The topological polar surface area (TPSA) is 75.7 Å². The molecule has 1 aromatic carbocycles. The minimum atomic E-state index is -3.22. The van der Waals surface area contributed by atoms with Crippen LogP contribution in [-0.2, 0) is 10.0 Å². The van der Waals surface area contributed by atoms with E-state index < -0.39 is 10.0 Å². The molecule has 0 bridgehead atoms. The Morgan fingerprint density at radius 3 is 2.54 bits per heavy atom. The highest BCUT2D eigenvalue weighted by Crippen LogP contribution is 2.22. The standard InChI is InChI=1S/C17H24N2O4S/c1-13(2)12-23-16-7-5-4-6-15(16)17(20)19-10-8-14(9-11-19)18-24(3,21)22/h4-7,14,18H,1,8-12H2,2-3H3. The van der Waals surface area contributed by atoms with E-state index >= 15 is 0 Å². The van der Waals surface area contributed by atoms with Gasteiger partial charge in [0.1, 0.15) is 12.4 Å². The molecule has 132 valence electrons. The average Bonchev–Trinajstić information content (AvgIpc) is 2.52. The molecule has 1 aromatic rings. The molecule has 0 spiro atoms. The third kappa shape index (κ3) is 5.35. The zero-order valence-electron chi connectivity index (χ0n) is 14.1. The molecule has 1 amide bonds. The highest BCUT2D eigenvalue weighted by atomic mass is 32.2. The van der Waals surface area contributed by atoms with Gasteiger partial charge in [-0.2, -0.15) is 0 Å². The molecule has 0 aliphatic carbocycles. The first-order chi connectivity index (χ1) is 11.3. The van der Waals surface area contributed by atoms with Crippen molar-refractivity contribution in [3.8, 4) is 5.75 Å². The zero-order valence-corrected chi connectivity index (χ0v) is 14.9. The third-order valence-electron chi connectivity index (χ3n) is 3.75. The summed E-state index contributed by atoms with van der Waals surface area (Å²) in [5.74, 6) is 0.451. The number of carbonyl (C=O) groups is 1. The van der Waals surface area contributed by atoms with Crippen LogP contribution in [0.5, 0.6) is 5.75 Å². The number of piperidine rings is 1. The molecule has 1 saturated heterocycles. The van der Waals surface area contributed by atoms with Crippen LogP contribution in [0.1, 0.15) is 30.1 Å². The number of ether oxygens (including phenoxy) is 1. The van der Waals surface area contributed by atoms with E-state index in [0.717, 1.165) is 11.8 Å². The van der Waals surface area contributed by atoms with E-state index in [1.807, 2.05) is 13.0 Å². The zero-order chi connectivity index (χ0) is 17.7. The number of nitrogens with zero attached hydrogens (tertiary/aromatic N) is 1. The largest absolute Gasteiger partial charge is 0.488 e. The highest BCUT2D eigenvalue weighted by Gasteiger charge is 2.26. The van der Waals surface area contributed by atoms with Gasteiger partial charge in [-0.05, 0) is 37.5 Å². The second-order valence-electron chi connectivity index (χ2n) is 6.20. The number of hydrogen-bond donors (Lipinski definition) is 1. The van der Waals surface area contributed by atoms with E-state index in [-0.39, 0.29) is 11.9 Å². The monoisotopic (exact) mass is 352 g/mol. The minimum absolute atomic E-state index is 0.0925. The predicted octanol–water partition coefficient (Wildman–Crippen LogP) is 1.80. The number of benzene rings is 1.